The number of hydrogen-bond acceptors (Lipinski definition) is 2. The van der Waals surface area contributed by atoms with E-state index in [-0.39, 0.29) is 27.3 Å². The summed E-state index contributed by atoms with van der Waals surface area (Å²) in [5.41, 5.74) is -0.418. The van der Waals surface area contributed by atoms with Crippen LogP contribution in [0.3, 0.4) is 0 Å². The minimum Gasteiger partial charge on any atom is -0.328 e. The summed E-state index contributed by atoms with van der Waals surface area (Å²) in [6.07, 6.45) is -1.54. The SMILES string of the molecule is N#Cc1c[nH]c(=O)cc1-c1cc(Cl)ccc1C(F)F. The molecule has 0 saturated heterocycles. The zero-order valence-electron chi connectivity index (χ0n) is 9.45. The Morgan fingerprint density at radius 1 is 1.26 bits per heavy atom. The first-order chi connectivity index (χ1) is 9.02. The van der Waals surface area contributed by atoms with E-state index in [9.17, 15) is 13.6 Å². The molecule has 1 N–H and O–H groups in total. The van der Waals surface area contributed by atoms with Gasteiger partial charge in [-0.2, -0.15) is 5.26 Å². The van der Waals surface area contributed by atoms with E-state index < -0.39 is 12.0 Å². The average Bonchev–Trinajstić information content (AvgIpc) is 2.38. The van der Waals surface area contributed by atoms with E-state index in [4.69, 9.17) is 16.9 Å². The summed E-state index contributed by atoms with van der Waals surface area (Å²) in [6.45, 7) is 0. The summed E-state index contributed by atoms with van der Waals surface area (Å²) in [5.74, 6) is 0. The minimum absolute atomic E-state index is 0.0881. The van der Waals surface area contributed by atoms with Gasteiger partial charge < -0.3 is 4.98 Å². The molecular weight excluding hydrogens is 274 g/mol. The van der Waals surface area contributed by atoms with Crippen LogP contribution in [0.1, 0.15) is 17.6 Å². The van der Waals surface area contributed by atoms with Crippen molar-refractivity contribution in [2.24, 2.45) is 0 Å². The van der Waals surface area contributed by atoms with Crippen LogP contribution in [0.15, 0.2) is 35.3 Å². The molecular formula is C13H7ClF2N2O. The second-order valence-corrected chi connectivity index (χ2v) is 4.21. The Balaban J connectivity index is 2.78. The Kier molecular flexibility index (Phi) is 3.63. The lowest BCUT2D eigenvalue weighted by molar-refractivity contribution is 0.152. The van der Waals surface area contributed by atoms with Crippen LogP contribution in [0.5, 0.6) is 0 Å². The van der Waals surface area contributed by atoms with Crippen molar-refractivity contribution >= 4 is 11.6 Å². The van der Waals surface area contributed by atoms with Gasteiger partial charge in [0.25, 0.3) is 6.43 Å². The number of nitriles is 1. The molecule has 0 unspecified atom stereocenters. The maximum Gasteiger partial charge on any atom is 0.264 e. The van der Waals surface area contributed by atoms with Crippen molar-refractivity contribution in [1.82, 2.24) is 4.98 Å². The van der Waals surface area contributed by atoms with Crippen molar-refractivity contribution in [1.29, 1.82) is 5.26 Å². The number of halogens is 3. The van der Waals surface area contributed by atoms with Crippen LogP contribution in [0, 0.1) is 11.3 Å². The number of aromatic amines is 1. The topological polar surface area (TPSA) is 56.6 Å². The molecule has 0 saturated carbocycles. The monoisotopic (exact) mass is 280 g/mol. The molecule has 0 radical (unpaired) electrons. The Labute approximate surface area is 112 Å². The normalized spacial score (nSPS) is 10.5. The Morgan fingerprint density at radius 2 is 2.00 bits per heavy atom. The molecule has 0 amide bonds. The van der Waals surface area contributed by atoms with Crippen molar-refractivity contribution < 1.29 is 8.78 Å². The molecule has 1 aromatic carbocycles. The minimum atomic E-state index is -2.72. The van der Waals surface area contributed by atoms with Crippen LogP contribution < -0.4 is 5.56 Å². The van der Waals surface area contributed by atoms with Gasteiger partial charge in [0.15, 0.2) is 0 Å². The highest BCUT2D eigenvalue weighted by molar-refractivity contribution is 6.30. The zero-order chi connectivity index (χ0) is 14.0. The number of nitrogens with zero attached hydrogens (tertiary/aromatic N) is 1. The summed E-state index contributed by atoms with van der Waals surface area (Å²) in [6, 6.07) is 6.80. The fraction of sp³-hybridized carbons (Fsp3) is 0.0769. The fourth-order valence-corrected chi connectivity index (χ4v) is 1.91. The van der Waals surface area contributed by atoms with Gasteiger partial charge in [-0.3, -0.25) is 4.79 Å². The molecule has 0 aliphatic heterocycles. The lowest BCUT2D eigenvalue weighted by atomic mass is 9.97. The lowest BCUT2D eigenvalue weighted by Crippen LogP contribution is -2.05. The van der Waals surface area contributed by atoms with Gasteiger partial charge in [-0.1, -0.05) is 17.7 Å². The number of benzene rings is 1. The van der Waals surface area contributed by atoms with Gasteiger partial charge in [-0.05, 0) is 17.7 Å². The molecule has 2 aromatic rings. The van der Waals surface area contributed by atoms with Gasteiger partial charge in [0, 0.05) is 28.4 Å². The van der Waals surface area contributed by atoms with Gasteiger partial charge in [0.05, 0.1) is 5.56 Å². The third-order valence-corrected chi connectivity index (χ3v) is 2.82. The van der Waals surface area contributed by atoms with Gasteiger partial charge in [-0.15, -0.1) is 0 Å². The smallest absolute Gasteiger partial charge is 0.264 e. The van der Waals surface area contributed by atoms with E-state index in [0.29, 0.717) is 0 Å². The summed E-state index contributed by atoms with van der Waals surface area (Å²) in [5, 5.41) is 9.23. The molecule has 0 fully saturated rings. The highest BCUT2D eigenvalue weighted by atomic mass is 35.5. The third-order valence-electron chi connectivity index (χ3n) is 2.59. The number of hydrogen-bond donors (Lipinski definition) is 1. The van der Waals surface area contributed by atoms with E-state index in [1.165, 1.54) is 24.4 Å². The van der Waals surface area contributed by atoms with Crippen molar-refractivity contribution in [2.75, 3.05) is 0 Å². The van der Waals surface area contributed by atoms with Crippen LogP contribution in [-0.2, 0) is 0 Å². The first-order valence-electron chi connectivity index (χ1n) is 5.23. The van der Waals surface area contributed by atoms with Crippen molar-refractivity contribution in [3.63, 3.8) is 0 Å². The van der Waals surface area contributed by atoms with E-state index in [1.54, 1.807) is 0 Å². The molecule has 1 aromatic heterocycles. The molecule has 0 bridgehead atoms. The predicted octanol–water partition coefficient (Wildman–Crippen LogP) is 3.50. The molecule has 1 heterocycles. The summed E-state index contributed by atoms with van der Waals surface area (Å²) in [4.78, 5) is 13.6. The highest BCUT2D eigenvalue weighted by Gasteiger charge is 2.17. The molecule has 96 valence electrons. The van der Waals surface area contributed by atoms with Crippen LogP contribution in [0.2, 0.25) is 5.02 Å². The quantitative estimate of drug-likeness (QED) is 0.915. The molecule has 0 aliphatic carbocycles. The third kappa shape index (κ3) is 2.64. The average molecular weight is 281 g/mol. The standard InChI is InChI=1S/C13H7ClF2N2O/c14-8-1-2-9(13(15)16)11(3-8)10-4-12(19)18-6-7(10)5-17/h1-4,6,13H,(H,18,19). The summed E-state index contributed by atoms with van der Waals surface area (Å²) < 4.78 is 25.9. The zero-order valence-corrected chi connectivity index (χ0v) is 10.2. The maximum absolute atomic E-state index is 13.0. The molecule has 19 heavy (non-hydrogen) atoms. The largest absolute Gasteiger partial charge is 0.328 e. The second-order valence-electron chi connectivity index (χ2n) is 3.77. The lowest BCUT2D eigenvalue weighted by Gasteiger charge is -2.10. The fourth-order valence-electron chi connectivity index (χ4n) is 1.74. The Bertz CT molecular complexity index is 719. The van der Waals surface area contributed by atoms with Crippen molar-refractivity contribution in [2.45, 2.75) is 6.43 Å². The number of aromatic nitrogens is 1. The number of H-pyrrole nitrogens is 1. The summed E-state index contributed by atoms with van der Waals surface area (Å²) in [7, 11) is 0. The molecule has 2 rings (SSSR count). The van der Waals surface area contributed by atoms with Gasteiger partial charge in [0.1, 0.15) is 6.07 Å². The van der Waals surface area contributed by atoms with Crippen LogP contribution in [0.4, 0.5) is 8.78 Å². The Hall–Kier alpha value is -2.19. The van der Waals surface area contributed by atoms with Crippen LogP contribution in [0.25, 0.3) is 11.1 Å². The number of rotatable bonds is 2. The maximum atomic E-state index is 13.0. The first-order valence-corrected chi connectivity index (χ1v) is 5.61. The molecule has 0 spiro atoms. The van der Waals surface area contributed by atoms with E-state index in [2.05, 4.69) is 4.98 Å². The number of pyridine rings is 1. The van der Waals surface area contributed by atoms with Crippen molar-refractivity contribution in [3.8, 4) is 17.2 Å². The first kappa shape index (κ1) is 13.2. The number of nitrogens with one attached hydrogen (secondary N) is 1. The van der Waals surface area contributed by atoms with E-state index >= 15 is 0 Å². The van der Waals surface area contributed by atoms with E-state index in [1.807, 2.05) is 6.07 Å². The van der Waals surface area contributed by atoms with Crippen LogP contribution >= 0.6 is 11.6 Å². The molecule has 6 heteroatoms. The highest BCUT2D eigenvalue weighted by Crippen LogP contribution is 2.34. The second kappa shape index (κ2) is 5.21. The molecule has 0 aliphatic rings. The Morgan fingerprint density at radius 3 is 2.63 bits per heavy atom. The van der Waals surface area contributed by atoms with Crippen LogP contribution in [-0.4, -0.2) is 4.98 Å². The van der Waals surface area contributed by atoms with Gasteiger partial charge in [0.2, 0.25) is 5.56 Å². The van der Waals surface area contributed by atoms with Crippen molar-refractivity contribution in [3.05, 3.63) is 57.0 Å². The predicted molar refractivity (Wildman–Crippen MR) is 67.2 cm³/mol. The van der Waals surface area contributed by atoms with E-state index in [0.717, 1.165) is 6.07 Å². The van der Waals surface area contributed by atoms with Gasteiger partial charge >= 0.3 is 0 Å². The summed E-state index contributed by atoms with van der Waals surface area (Å²) >= 11 is 5.79. The number of alkyl halides is 2. The molecule has 3 nitrogen and oxygen atoms in total. The van der Waals surface area contributed by atoms with Gasteiger partial charge in [-0.25, -0.2) is 8.78 Å². The molecule has 0 atom stereocenters.